The summed E-state index contributed by atoms with van der Waals surface area (Å²) in [5, 5.41) is 8.85. The third kappa shape index (κ3) is 4.48. The number of hydrogen-bond donors (Lipinski definition) is 0. The molecule has 1 aliphatic heterocycles. The van der Waals surface area contributed by atoms with Crippen molar-refractivity contribution in [2.75, 3.05) is 32.1 Å². The first-order valence-electron chi connectivity index (χ1n) is 8.60. The minimum absolute atomic E-state index is 0.225. The molecule has 0 N–H and O–H groups in total. The summed E-state index contributed by atoms with van der Waals surface area (Å²) in [5.74, 6) is 0.886. The van der Waals surface area contributed by atoms with E-state index < -0.39 is 8.32 Å². The summed E-state index contributed by atoms with van der Waals surface area (Å²) in [7, 11) is 2.48. The van der Waals surface area contributed by atoms with Crippen molar-refractivity contribution in [2.24, 2.45) is 0 Å². The van der Waals surface area contributed by atoms with Gasteiger partial charge in [-0.2, -0.15) is 0 Å². The molecular formula is C17H31ClN4OSi. The second-order valence-electron chi connectivity index (χ2n) is 8.40. The van der Waals surface area contributed by atoms with Gasteiger partial charge in [-0.15, -0.1) is 10.2 Å². The highest BCUT2D eigenvalue weighted by Crippen LogP contribution is 2.39. The van der Waals surface area contributed by atoms with Gasteiger partial charge in [0.15, 0.2) is 19.3 Å². The summed E-state index contributed by atoms with van der Waals surface area (Å²) >= 11 is 5.85. The molecule has 1 fully saturated rings. The van der Waals surface area contributed by atoms with E-state index in [1.807, 2.05) is 6.07 Å². The highest BCUT2D eigenvalue weighted by Gasteiger charge is 2.42. The van der Waals surface area contributed by atoms with Crippen LogP contribution in [0.1, 0.15) is 27.2 Å². The fourth-order valence-corrected chi connectivity index (χ4v) is 4.27. The van der Waals surface area contributed by atoms with Crippen LogP contribution in [-0.2, 0) is 4.43 Å². The molecule has 5 nitrogen and oxygen atoms in total. The number of anilines is 1. The minimum atomic E-state index is -1.78. The van der Waals surface area contributed by atoms with Crippen LogP contribution in [0.5, 0.6) is 0 Å². The van der Waals surface area contributed by atoms with Crippen LogP contribution in [0.3, 0.4) is 0 Å². The molecule has 136 valence electrons. The molecule has 1 aliphatic rings. The van der Waals surface area contributed by atoms with Gasteiger partial charge in [0, 0.05) is 13.1 Å². The number of hydrogen-bond acceptors (Lipinski definition) is 5. The van der Waals surface area contributed by atoms with Gasteiger partial charge in [-0.25, -0.2) is 0 Å². The van der Waals surface area contributed by atoms with Gasteiger partial charge in [-0.3, -0.25) is 0 Å². The zero-order valence-electron chi connectivity index (χ0n) is 16.0. The lowest BCUT2D eigenvalue weighted by molar-refractivity contribution is 0.0683. The fraction of sp³-hybridized carbons (Fsp3) is 0.765. The van der Waals surface area contributed by atoms with Gasteiger partial charge in [0.2, 0.25) is 0 Å². The number of piperidine rings is 1. The van der Waals surface area contributed by atoms with E-state index >= 15 is 0 Å². The second kappa shape index (κ2) is 7.28. The predicted octanol–water partition coefficient (Wildman–Crippen LogP) is 3.66. The van der Waals surface area contributed by atoms with Crippen LogP contribution in [0, 0.1) is 0 Å². The van der Waals surface area contributed by atoms with Crippen LogP contribution in [0.25, 0.3) is 0 Å². The Bertz CT molecular complexity index is 545. The maximum atomic E-state index is 6.73. The first-order valence-corrected chi connectivity index (χ1v) is 11.9. The quantitative estimate of drug-likeness (QED) is 0.756. The van der Waals surface area contributed by atoms with Crippen LogP contribution in [0.15, 0.2) is 12.1 Å². The smallest absolute Gasteiger partial charge is 0.192 e. The van der Waals surface area contributed by atoms with Crippen LogP contribution in [0.2, 0.25) is 23.3 Å². The molecule has 0 amide bonds. The number of likely N-dealkylation sites (N-methyl/N-ethyl adjacent to an activating group) is 1. The van der Waals surface area contributed by atoms with E-state index in [1.54, 1.807) is 6.07 Å². The van der Waals surface area contributed by atoms with Crippen LogP contribution in [-0.4, -0.2) is 62.7 Å². The molecule has 2 rings (SSSR count). The van der Waals surface area contributed by atoms with Gasteiger partial charge in [0.25, 0.3) is 0 Å². The Hall–Kier alpha value is -0.693. The van der Waals surface area contributed by atoms with Crippen molar-refractivity contribution in [3.63, 3.8) is 0 Å². The van der Waals surface area contributed by atoms with Gasteiger partial charge in [0.05, 0.1) is 12.1 Å². The Morgan fingerprint density at radius 1 is 1.25 bits per heavy atom. The van der Waals surface area contributed by atoms with Crippen molar-refractivity contribution < 1.29 is 4.43 Å². The molecule has 2 atom stereocenters. The lowest BCUT2D eigenvalue weighted by Gasteiger charge is -2.47. The SMILES string of the molecule is CN(C)[C@@H]1CN(c2ccc(Cl)nn2)CC[C@H]1O[Si](C)(C)C(C)(C)C. The fourth-order valence-electron chi connectivity index (χ4n) is 2.78. The van der Waals surface area contributed by atoms with E-state index in [0.29, 0.717) is 11.2 Å². The minimum Gasteiger partial charge on any atom is -0.412 e. The zero-order chi connectivity index (χ0) is 18.1. The van der Waals surface area contributed by atoms with Gasteiger partial charge < -0.3 is 14.2 Å². The molecule has 24 heavy (non-hydrogen) atoms. The molecule has 0 aromatic carbocycles. The number of halogens is 1. The maximum absolute atomic E-state index is 6.73. The first-order chi connectivity index (χ1) is 11.0. The lowest BCUT2D eigenvalue weighted by Crippen LogP contribution is -2.58. The van der Waals surface area contributed by atoms with Crippen LogP contribution in [0.4, 0.5) is 5.82 Å². The molecule has 0 spiro atoms. The monoisotopic (exact) mass is 370 g/mol. The first kappa shape index (κ1) is 19.6. The molecule has 1 aromatic heterocycles. The molecule has 0 radical (unpaired) electrons. The Morgan fingerprint density at radius 2 is 1.92 bits per heavy atom. The van der Waals surface area contributed by atoms with Gasteiger partial charge in [0.1, 0.15) is 0 Å². The maximum Gasteiger partial charge on any atom is 0.192 e. The average molecular weight is 371 g/mol. The van der Waals surface area contributed by atoms with E-state index in [-0.39, 0.29) is 11.1 Å². The third-order valence-corrected chi connectivity index (χ3v) is 10.1. The zero-order valence-corrected chi connectivity index (χ0v) is 17.8. The van der Waals surface area contributed by atoms with E-state index in [9.17, 15) is 0 Å². The average Bonchev–Trinajstić information content (AvgIpc) is 2.47. The van der Waals surface area contributed by atoms with E-state index in [1.165, 1.54) is 0 Å². The Labute approximate surface area is 152 Å². The lowest BCUT2D eigenvalue weighted by atomic mass is 10.0. The van der Waals surface area contributed by atoms with Gasteiger partial charge in [-0.05, 0) is 50.8 Å². The normalized spacial score (nSPS) is 23.0. The van der Waals surface area contributed by atoms with Gasteiger partial charge >= 0.3 is 0 Å². The highest BCUT2D eigenvalue weighted by atomic mass is 35.5. The molecule has 0 unspecified atom stereocenters. The van der Waals surface area contributed by atoms with Crippen LogP contribution >= 0.6 is 11.6 Å². The topological polar surface area (TPSA) is 41.5 Å². The standard InChI is InChI=1S/C17H31ClN4OSi/c1-17(2,3)24(6,7)23-14-10-11-22(12-13(14)21(4)5)16-9-8-15(18)19-20-16/h8-9,13-14H,10-12H2,1-7H3/t13-,14-/m1/s1. The molecule has 1 saturated heterocycles. The van der Waals surface area contributed by atoms with Crippen molar-refractivity contribution in [3.8, 4) is 0 Å². The van der Waals surface area contributed by atoms with Crippen LogP contribution < -0.4 is 4.90 Å². The Balaban J connectivity index is 2.12. The Morgan fingerprint density at radius 3 is 2.42 bits per heavy atom. The molecule has 0 bridgehead atoms. The van der Waals surface area contributed by atoms with Crippen molar-refractivity contribution in [1.29, 1.82) is 0 Å². The summed E-state index contributed by atoms with van der Waals surface area (Å²) in [6.07, 6.45) is 1.26. The molecule has 7 heteroatoms. The number of nitrogens with zero attached hydrogens (tertiary/aromatic N) is 4. The van der Waals surface area contributed by atoms with Crippen molar-refractivity contribution in [2.45, 2.75) is 57.5 Å². The van der Waals surface area contributed by atoms with E-state index in [0.717, 1.165) is 25.3 Å². The van der Waals surface area contributed by atoms with E-state index in [2.05, 4.69) is 68.0 Å². The summed E-state index contributed by atoms with van der Waals surface area (Å²) in [4.78, 5) is 4.55. The third-order valence-electron chi connectivity index (χ3n) is 5.38. The molecule has 1 aromatic rings. The molecule has 0 aliphatic carbocycles. The van der Waals surface area contributed by atoms with E-state index in [4.69, 9.17) is 16.0 Å². The largest absolute Gasteiger partial charge is 0.412 e. The Kier molecular flexibility index (Phi) is 5.95. The van der Waals surface area contributed by atoms with Gasteiger partial charge in [-0.1, -0.05) is 32.4 Å². The summed E-state index contributed by atoms with van der Waals surface area (Å²) in [6, 6.07) is 4.08. The number of aromatic nitrogens is 2. The highest BCUT2D eigenvalue weighted by molar-refractivity contribution is 6.74. The predicted molar refractivity (Wildman–Crippen MR) is 103 cm³/mol. The summed E-state index contributed by atoms with van der Waals surface area (Å²) < 4.78 is 6.73. The molecule has 0 saturated carbocycles. The molecular weight excluding hydrogens is 340 g/mol. The van der Waals surface area contributed by atoms with Crippen molar-refractivity contribution in [1.82, 2.24) is 15.1 Å². The van der Waals surface area contributed by atoms with Crippen molar-refractivity contribution in [3.05, 3.63) is 17.3 Å². The van der Waals surface area contributed by atoms with Crippen molar-refractivity contribution >= 4 is 25.7 Å². The summed E-state index contributed by atoms with van der Waals surface area (Å²) in [5.41, 5.74) is 0. The summed E-state index contributed by atoms with van der Waals surface area (Å²) in [6.45, 7) is 13.4. The molecule has 2 heterocycles. The number of rotatable bonds is 4. The second-order valence-corrected chi connectivity index (χ2v) is 13.5.